The summed E-state index contributed by atoms with van der Waals surface area (Å²) in [6, 6.07) is 7.73. The number of hydrogen-bond acceptors (Lipinski definition) is 4. The van der Waals surface area contributed by atoms with Crippen LogP contribution < -0.4 is 15.8 Å². The Morgan fingerprint density at radius 3 is 2.69 bits per heavy atom. The highest BCUT2D eigenvalue weighted by atomic mass is 127. The van der Waals surface area contributed by atoms with Gasteiger partial charge in [-0.25, -0.2) is 4.98 Å². The van der Waals surface area contributed by atoms with Crippen LogP contribution in [-0.4, -0.2) is 23.6 Å². The summed E-state index contributed by atoms with van der Waals surface area (Å²) in [5.74, 6) is 1.28. The number of anilines is 1. The lowest BCUT2D eigenvalue weighted by Gasteiger charge is -2.10. The summed E-state index contributed by atoms with van der Waals surface area (Å²) < 4.78 is 5.63. The molecule has 0 bridgehead atoms. The number of ether oxygens (including phenoxy) is 1. The number of hydrogen-bond donors (Lipinski definition) is 2. The van der Waals surface area contributed by atoms with Crippen LogP contribution in [0.1, 0.15) is 42.3 Å². The van der Waals surface area contributed by atoms with E-state index >= 15 is 0 Å². The molecule has 0 saturated carbocycles. The number of rotatable bonds is 6. The molecule has 1 aromatic heterocycles. The summed E-state index contributed by atoms with van der Waals surface area (Å²) >= 11 is 1.84. The van der Waals surface area contributed by atoms with E-state index in [1.807, 2.05) is 49.4 Å². The molecule has 0 spiro atoms. The SMILES string of the molecule is CC(C)Oc1ccc(NC(N)=NCCc2nc3c(s2)CCCC3)cc1.I. The quantitative estimate of drug-likeness (QED) is 0.361. The second kappa shape index (κ2) is 10.1. The zero-order chi connectivity index (χ0) is 17.6. The first-order chi connectivity index (χ1) is 12.1. The molecule has 0 atom stereocenters. The van der Waals surface area contributed by atoms with E-state index in [0.29, 0.717) is 12.5 Å². The Hall–Kier alpha value is -1.35. The number of thiazole rings is 1. The van der Waals surface area contributed by atoms with Gasteiger partial charge in [0.05, 0.1) is 16.8 Å². The fourth-order valence-electron chi connectivity index (χ4n) is 2.86. The molecule has 0 saturated heterocycles. The average Bonchev–Trinajstić information content (AvgIpc) is 2.99. The number of aromatic nitrogens is 1. The second-order valence-corrected chi connectivity index (χ2v) is 7.69. The van der Waals surface area contributed by atoms with Crippen LogP contribution in [-0.2, 0) is 19.3 Å². The third kappa shape index (κ3) is 6.12. The van der Waals surface area contributed by atoms with Gasteiger partial charge in [-0.1, -0.05) is 0 Å². The molecule has 142 valence electrons. The Labute approximate surface area is 176 Å². The summed E-state index contributed by atoms with van der Waals surface area (Å²) in [7, 11) is 0. The molecule has 1 aliphatic rings. The van der Waals surface area contributed by atoms with E-state index in [0.717, 1.165) is 24.3 Å². The first-order valence-electron chi connectivity index (χ1n) is 8.91. The van der Waals surface area contributed by atoms with Gasteiger partial charge < -0.3 is 15.8 Å². The molecule has 0 unspecified atom stereocenters. The number of aryl methyl sites for hydroxylation is 2. The van der Waals surface area contributed by atoms with Crippen LogP contribution in [0.15, 0.2) is 29.3 Å². The van der Waals surface area contributed by atoms with E-state index in [1.54, 1.807) is 0 Å². The summed E-state index contributed by atoms with van der Waals surface area (Å²) in [5.41, 5.74) is 8.19. The average molecular weight is 486 g/mol. The maximum absolute atomic E-state index is 5.98. The molecule has 0 radical (unpaired) electrons. The first-order valence-corrected chi connectivity index (χ1v) is 9.73. The molecule has 7 heteroatoms. The van der Waals surface area contributed by atoms with E-state index in [2.05, 4.69) is 10.3 Å². The smallest absolute Gasteiger partial charge is 0.193 e. The van der Waals surface area contributed by atoms with Gasteiger partial charge in [0.2, 0.25) is 0 Å². The highest BCUT2D eigenvalue weighted by molar-refractivity contribution is 14.0. The zero-order valence-electron chi connectivity index (χ0n) is 15.3. The lowest BCUT2D eigenvalue weighted by Crippen LogP contribution is -2.23. The van der Waals surface area contributed by atoms with Crippen molar-refractivity contribution >= 4 is 47.0 Å². The van der Waals surface area contributed by atoms with Gasteiger partial charge in [0.1, 0.15) is 5.75 Å². The van der Waals surface area contributed by atoms with E-state index in [1.165, 1.54) is 34.8 Å². The van der Waals surface area contributed by atoms with Crippen molar-refractivity contribution in [3.63, 3.8) is 0 Å². The molecule has 5 nitrogen and oxygen atoms in total. The van der Waals surface area contributed by atoms with Gasteiger partial charge in [-0.15, -0.1) is 35.3 Å². The molecule has 1 aliphatic carbocycles. The molecule has 3 rings (SSSR count). The van der Waals surface area contributed by atoms with Crippen LogP contribution >= 0.6 is 35.3 Å². The minimum atomic E-state index is 0. The molecular formula is C19H27IN4OS. The monoisotopic (exact) mass is 486 g/mol. The maximum atomic E-state index is 5.98. The van der Waals surface area contributed by atoms with Crippen LogP contribution in [0.5, 0.6) is 5.75 Å². The van der Waals surface area contributed by atoms with Crippen molar-refractivity contribution in [3.05, 3.63) is 39.8 Å². The van der Waals surface area contributed by atoms with Gasteiger partial charge in [-0.05, 0) is 63.8 Å². The Morgan fingerprint density at radius 2 is 2.00 bits per heavy atom. The lowest BCUT2D eigenvalue weighted by atomic mass is 10.0. The topological polar surface area (TPSA) is 72.5 Å². The maximum Gasteiger partial charge on any atom is 0.193 e. The Morgan fingerprint density at radius 1 is 1.27 bits per heavy atom. The van der Waals surface area contributed by atoms with Gasteiger partial charge in [0, 0.05) is 23.5 Å². The van der Waals surface area contributed by atoms with Crippen LogP contribution in [0.3, 0.4) is 0 Å². The van der Waals surface area contributed by atoms with E-state index < -0.39 is 0 Å². The number of halogens is 1. The molecule has 26 heavy (non-hydrogen) atoms. The van der Waals surface area contributed by atoms with Crippen LogP contribution in [0.25, 0.3) is 0 Å². The molecule has 2 aromatic rings. The lowest BCUT2D eigenvalue weighted by molar-refractivity contribution is 0.242. The van der Waals surface area contributed by atoms with Gasteiger partial charge >= 0.3 is 0 Å². The predicted octanol–water partition coefficient (Wildman–Crippen LogP) is 4.40. The van der Waals surface area contributed by atoms with Crippen molar-refractivity contribution in [2.75, 3.05) is 11.9 Å². The molecule has 0 aliphatic heterocycles. The molecule has 0 amide bonds. The highest BCUT2D eigenvalue weighted by Crippen LogP contribution is 2.26. The number of fused-ring (bicyclic) bond motifs is 1. The normalized spacial score (nSPS) is 13.9. The number of aliphatic imine (C=N–C) groups is 1. The van der Waals surface area contributed by atoms with E-state index in [-0.39, 0.29) is 30.1 Å². The number of nitrogens with zero attached hydrogens (tertiary/aromatic N) is 2. The Balaban J connectivity index is 0.00000243. The highest BCUT2D eigenvalue weighted by Gasteiger charge is 2.14. The third-order valence-electron chi connectivity index (χ3n) is 4.00. The van der Waals surface area contributed by atoms with Crippen molar-refractivity contribution in [2.24, 2.45) is 10.7 Å². The molecular weight excluding hydrogens is 459 g/mol. The van der Waals surface area contributed by atoms with Crippen LogP contribution in [0.4, 0.5) is 5.69 Å². The summed E-state index contributed by atoms with van der Waals surface area (Å²) in [4.78, 5) is 10.6. The number of benzene rings is 1. The van der Waals surface area contributed by atoms with E-state index in [9.17, 15) is 0 Å². The summed E-state index contributed by atoms with van der Waals surface area (Å²) in [5, 5.41) is 4.29. The number of nitrogens with one attached hydrogen (secondary N) is 1. The van der Waals surface area contributed by atoms with Crippen molar-refractivity contribution in [1.29, 1.82) is 0 Å². The summed E-state index contributed by atoms with van der Waals surface area (Å²) in [6.45, 7) is 4.67. The van der Waals surface area contributed by atoms with E-state index in [4.69, 9.17) is 15.5 Å². The minimum absolute atomic E-state index is 0. The molecule has 1 heterocycles. The van der Waals surface area contributed by atoms with Crippen molar-refractivity contribution < 1.29 is 4.74 Å². The standard InChI is InChI=1S/C19H26N4OS.HI/c1-13(2)24-15-9-7-14(8-10-15)22-19(20)21-12-11-18-23-16-5-3-4-6-17(16)25-18;/h7-10,13H,3-6,11-12H2,1-2H3,(H3,20,21,22);1H. The van der Waals surface area contributed by atoms with Gasteiger partial charge in [-0.3, -0.25) is 4.99 Å². The largest absolute Gasteiger partial charge is 0.491 e. The minimum Gasteiger partial charge on any atom is -0.491 e. The van der Waals surface area contributed by atoms with Crippen LogP contribution in [0.2, 0.25) is 0 Å². The second-order valence-electron chi connectivity index (χ2n) is 6.52. The first kappa shape index (κ1) is 21.0. The fraction of sp³-hybridized carbons (Fsp3) is 0.474. The van der Waals surface area contributed by atoms with Crippen molar-refractivity contribution in [3.8, 4) is 5.75 Å². The van der Waals surface area contributed by atoms with Gasteiger partial charge in [0.25, 0.3) is 0 Å². The van der Waals surface area contributed by atoms with Crippen LogP contribution in [0, 0.1) is 0 Å². The third-order valence-corrected chi connectivity index (χ3v) is 5.21. The Kier molecular flexibility index (Phi) is 8.15. The van der Waals surface area contributed by atoms with Crippen molar-refractivity contribution in [2.45, 2.75) is 52.1 Å². The van der Waals surface area contributed by atoms with Gasteiger partial charge in [0.15, 0.2) is 5.96 Å². The van der Waals surface area contributed by atoms with Crippen molar-refractivity contribution in [1.82, 2.24) is 4.98 Å². The molecule has 3 N–H and O–H groups in total. The Bertz CT molecular complexity index is 704. The zero-order valence-corrected chi connectivity index (χ0v) is 18.5. The predicted molar refractivity (Wildman–Crippen MR) is 120 cm³/mol. The molecule has 1 aromatic carbocycles. The summed E-state index contributed by atoms with van der Waals surface area (Å²) in [6.07, 6.45) is 5.91. The number of nitrogens with two attached hydrogens (primary N) is 1. The fourth-order valence-corrected chi connectivity index (χ4v) is 4.01. The van der Waals surface area contributed by atoms with Gasteiger partial charge in [-0.2, -0.15) is 0 Å². The number of guanidine groups is 1. The molecule has 0 fully saturated rings.